The summed E-state index contributed by atoms with van der Waals surface area (Å²) in [5.41, 5.74) is 7.32. The highest BCUT2D eigenvalue weighted by atomic mass is 35.5. The van der Waals surface area contributed by atoms with Crippen LogP contribution in [0.15, 0.2) is 12.1 Å². The van der Waals surface area contributed by atoms with E-state index in [1.165, 1.54) is 0 Å². The third-order valence-corrected chi connectivity index (χ3v) is 2.11. The number of halogens is 1. The highest BCUT2D eigenvalue weighted by Gasteiger charge is 2.12. The summed E-state index contributed by atoms with van der Waals surface area (Å²) in [6, 6.07) is 5.21. The van der Waals surface area contributed by atoms with E-state index in [4.69, 9.17) is 22.6 Å². The number of nitriles is 1. The highest BCUT2D eigenvalue weighted by Crippen LogP contribution is 2.20. The number of benzene rings is 1. The molecule has 2 N–H and O–H groups in total. The average molecular weight is 209 g/mol. The lowest BCUT2D eigenvalue weighted by molar-refractivity contribution is 0.102. The van der Waals surface area contributed by atoms with Gasteiger partial charge in [0, 0.05) is 5.56 Å². The summed E-state index contributed by atoms with van der Waals surface area (Å²) in [7, 11) is 0. The van der Waals surface area contributed by atoms with Gasteiger partial charge in [0.15, 0.2) is 5.78 Å². The predicted molar refractivity (Wildman–Crippen MR) is 55.4 cm³/mol. The van der Waals surface area contributed by atoms with Gasteiger partial charge in [0.1, 0.15) is 6.07 Å². The second-order valence-corrected chi connectivity index (χ2v) is 3.21. The van der Waals surface area contributed by atoms with Gasteiger partial charge in [-0.25, -0.2) is 0 Å². The first kappa shape index (κ1) is 10.6. The SMILES string of the molecule is Cc1cc(C#N)c(N)c(C(=O)CCl)c1. The molecule has 1 aromatic rings. The predicted octanol–water partition coefficient (Wildman–Crippen LogP) is 1.87. The summed E-state index contributed by atoms with van der Waals surface area (Å²) >= 11 is 5.42. The fraction of sp³-hybridized carbons (Fsp3) is 0.200. The Bertz CT molecular complexity index is 421. The van der Waals surface area contributed by atoms with E-state index in [1.807, 2.05) is 6.07 Å². The first-order chi connectivity index (χ1) is 6.60. The minimum atomic E-state index is -0.260. The minimum absolute atomic E-state index is 0.126. The molecule has 0 atom stereocenters. The average Bonchev–Trinajstić information content (AvgIpc) is 2.19. The molecule has 4 heteroatoms. The van der Waals surface area contributed by atoms with Gasteiger partial charge in [0.2, 0.25) is 0 Å². The Hall–Kier alpha value is -1.53. The Balaban J connectivity index is 3.38. The van der Waals surface area contributed by atoms with E-state index >= 15 is 0 Å². The molecule has 0 unspecified atom stereocenters. The number of hydrogen-bond acceptors (Lipinski definition) is 3. The molecule has 0 amide bonds. The van der Waals surface area contributed by atoms with Gasteiger partial charge in [-0.15, -0.1) is 11.6 Å². The van der Waals surface area contributed by atoms with E-state index in [0.29, 0.717) is 11.1 Å². The maximum Gasteiger partial charge on any atom is 0.179 e. The summed E-state index contributed by atoms with van der Waals surface area (Å²) in [5.74, 6) is -0.386. The van der Waals surface area contributed by atoms with Crippen LogP contribution in [0.3, 0.4) is 0 Å². The van der Waals surface area contributed by atoms with Crippen molar-refractivity contribution in [2.45, 2.75) is 6.92 Å². The van der Waals surface area contributed by atoms with Crippen molar-refractivity contribution in [3.05, 3.63) is 28.8 Å². The molecule has 0 aromatic heterocycles. The van der Waals surface area contributed by atoms with Crippen molar-refractivity contribution in [1.29, 1.82) is 5.26 Å². The number of rotatable bonds is 2. The molecule has 0 bridgehead atoms. The van der Waals surface area contributed by atoms with Crippen LogP contribution in [-0.4, -0.2) is 11.7 Å². The van der Waals surface area contributed by atoms with Gasteiger partial charge in [0.05, 0.1) is 17.1 Å². The number of carbonyl (C=O) groups excluding carboxylic acids is 1. The van der Waals surface area contributed by atoms with Crippen LogP contribution < -0.4 is 5.73 Å². The Labute approximate surface area is 87.1 Å². The lowest BCUT2D eigenvalue weighted by Crippen LogP contribution is -2.07. The summed E-state index contributed by atoms with van der Waals surface area (Å²) in [5, 5.41) is 8.75. The van der Waals surface area contributed by atoms with Crippen LogP contribution in [0.25, 0.3) is 0 Å². The molecule has 14 heavy (non-hydrogen) atoms. The quantitative estimate of drug-likeness (QED) is 0.458. The minimum Gasteiger partial charge on any atom is -0.397 e. The third kappa shape index (κ3) is 1.86. The van der Waals surface area contributed by atoms with Crippen molar-refractivity contribution in [2.75, 3.05) is 11.6 Å². The van der Waals surface area contributed by atoms with Gasteiger partial charge < -0.3 is 5.73 Å². The molecule has 0 radical (unpaired) electrons. The number of anilines is 1. The number of ketones is 1. The zero-order valence-electron chi connectivity index (χ0n) is 7.67. The normalized spacial score (nSPS) is 9.50. The second kappa shape index (κ2) is 4.12. The standard InChI is InChI=1S/C10H9ClN2O/c1-6-2-7(5-12)10(13)8(3-6)9(14)4-11/h2-3H,4,13H2,1H3. The molecule has 0 aliphatic rings. The van der Waals surface area contributed by atoms with Crippen LogP contribution in [0.4, 0.5) is 5.69 Å². The molecule has 0 saturated heterocycles. The maximum atomic E-state index is 11.3. The topological polar surface area (TPSA) is 66.9 Å². The van der Waals surface area contributed by atoms with Gasteiger partial charge in [-0.1, -0.05) is 0 Å². The third-order valence-electron chi connectivity index (χ3n) is 1.87. The molecular formula is C10H9ClN2O. The van der Waals surface area contributed by atoms with Gasteiger partial charge >= 0.3 is 0 Å². The van der Waals surface area contributed by atoms with Crippen molar-refractivity contribution in [2.24, 2.45) is 0 Å². The number of nitrogen functional groups attached to an aromatic ring is 1. The van der Waals surface area contributed by atoms with E-state index in [2.05, 4.69) is 0 Å². The Morgan fingerprint density at radius 1 is 1.64 bits per heavy atom. The van der Waals surface area contributed by atoms with Crippen molar-refractivity contribution in [3.8, 4) is 6.07 Å². The number of aryl methyl sites for hydroxylation is 1. The van der Waals surface area contributed by atoms with E-state index < -0.39 is 0 Å². The van der Waals surface area contributed by atoms with Crippen molar-refractivity contribution >= 4 is 23.1 Å². The number of carbonyl (C=O) groups is 1. The summed E-state index contributed by atoms with van der Waals surface area (Å²) in [6.45, 7) is 1.80. The Morgan fingerprint density at radius 2 is 2.29 bits per heavy atom. The fourth-order valence-electron chi connectivity index (χ4n) is 1.19. The zero-order chi connectivity index (χ0) is 10.7. The molecule has 1 rings (SSSR count). The molecule has 0 aliphatic carbocycles. The molecule has 0 saturated carbocycles. The van der Waals surface area contributed by atoms with Gasteiger partial charge in [-0.3, -0.25) is 4.79 Å². The first-order valence-electron chi connectivity index (χ1n) is 3.99. The largest absolute Gasteiger partial charge is 0.397 e. The van der Waals surface area contributed by atoms with Crippen molar-refractivity contribution in [1.82, 2.24) is 0 Å². The van der Waals surface area contributed by atoms with Crippen LogP contribution in [0.5, 0.6) is 0 Å². The van der Waals surface area contributed by atoms with Crippen molar-refractivity contribution < 1.29 is 4.79 Å². The molecule has 72 valence electrons. The van der Waals surface area contributed by atoms with Gasteiger partial charge in [-0.2, -0.15) is 5.26 Å². The van der Waals surface area contributed by atoms with E-state index in [9.17, 15) is 4.79 Å². The van der Waals surface area contributed by atoms with Gasteiger partial charge in [-0.05, 0) is 24.6 Å². The monoisotopic (exact) mass is 208 g/mol. The molecular weight excluding hydrogens is 200 g/mol. The number of nitrogens with zero attached hydrogens (tertiary/aromatic N) is 1. The summed E-state index contributed by atoms with van der Waals surface area (Å²) < 4.78 is 0. The van der Waals surface area contributed by atoms with Crippen LogP contribution in [0.1, 0.15) is 21.5 Å². The molecule has 3 nitrogen and oxygen atoms in total. The van der Waals surface area contributed by atoms with E-state index in [0.717, 1.165) is 5.56 Å². The van der Waals surface area contributed by atoms with Crippen LogP contribution in [-0.2, 0) is 0 Å². The number of alkyl halides is 1. The summed E-state index contributed by atoms with van der Waals surface area (Å²) in [6.07, 6.45) is 0. The molecule has 0 fully saturated rings. The number of Topliss-reactive ketones (excluding diaryl/α,β-unsaturated/α-hetero) is 1. The van der Waals surface area contributed by atoms with Crippen LogP contribution in [0, 0.1) is 18.3 Å². The first-order valence-corrected chi connectivity index (χ1v) is 4.53. The Morgan fingerprint density at radius 3 is 2.79 bits per heavy atom. The zero-order valence-corrected chi connectivity index (χ0v) is 8.43. The number of hydrogen-bond donors (Lipinski definition) is 1. The second-order valence-electron chi connectivity index (χ2n) is 2.94. The van der Waals surface area contributed by atoms with Gasteiger partial charge in [0.25, 0.3) is 0 Å². The van der Waals surface area contributed by atoms with E-state index in [-0.39, 0.29) is 17.4 Å². The lowest BCUT2D eigenvalue weighted by atomic mass is 10.0. The molecule has 0 spiro atoms. The number of nitrogens with two attached hydrogens (primary N) is 1. The summed E-state index contributed by atoms with van der Waals surface area (Å²) in [4.78, 5) is 11.3. The smallest absolute Gasteiger partial charge is 0.179 e. The van der Waals surface area contributed by atoms with Crippen LogP contribution in [0.2, 0.25) is 0 Å². The molecule has 1 aromatic carbocycles. The highest BCUT2D eigenvalue weighted by molar-refractivity contribution is 6.31. The Kier molecular flexibility index (Phi) is 3.10. The fourth-order valence-corrected chi connectivity index (χ4v) is 1.34. The molecule has 0 aliphatic heterocycles. The lowest BCUT2D eigenvalue weighted by Gasteiger charge is -2.05. The maximum absolute atomic E-state index is 11.3. The van der Waals surface area contributed by atoms with Crippen LogP contribution >= 0.6 is 11.6 Å². The van der Waals surface area contributed by atoms with E-state index in [1.54, 1.807) is 19.1 Å². The molecule has 0 heterocycles. The van der Waals surface area contributed by atoms with Crippen molar-refractivity contribution in [3.63, 3.8) is 0 Å².